The Labute approximate surface area is 77.7 Å². The van der Waals surface area contributed by atoms with Crippen LogP contribution >= 0.6 is 0 Å². The number of carbonyl (C=O) groups excluding carboxylic acids is 1. The molecule has 0 aromatic heterocycles. The third-order valence-corrected chi connectivity index (χ3v) is 4.35. The van der Waals surface area contributed by atoms with Crippen molar-refractivity contribution in [2.45, 2.75) is 43.9 Å². The largest absolute Gasteiger partial charge is 0.393 e. The Bertz CT molecular complexity index is 278. The Kier molecular flexibility index (Phi) is 1.31. The first-order chi connectivity index (χ1) is 6.13. The summed E-state index contributed by atoms with van der Waals surface area (Å²) in [6.07, 6.45) is 2.66. The molecule has 0 radical (unpaired) electrons. The highest BCUT2D eigenvalue weighted by Gasteiger charge is 2.64. The second-order valence-corrected chi connectivity index (χ2v) is 4.87. The van der Waals surface area contributed by atoms with Gasteiger partial charge in [0.1, 0.15) is 0 Å². The number of rotatable bonds is 0. The summed E-state index contributed by atoms with van der Waals surface area (Å²) in [6.45, 7) is 2.66. The molecular formula is C10H15NO2. The summed E-state index contributed by atoms with van der Waals surface area (Å²) in [5.74, 6) is 0.523. The van der Waals surface area contributed by atoms with E-state index in [2.05, 4.69) is 4.90 Å². The van der Waals surface area contributed by atoms with Gasteiger partial charge < -0.3 is 5.11 Å². The lowest BCUT2D eigenvalue weighted by molar-refractivity contribution is -0.141. The van der Waals surface area contributed by atoms with Gasteiger partial charge in [-0.25, -0.2) is 0 Å². The molecule has 1 N–H and O–H groups in total. The zero-order valence-corrected chi connectivity index (χ0v) is 7.86. The molecule has 72 valence electrons. The van der Waals surface area contributed by atoms with Crippen molar-refractivity contribution in [1.29, 1.82) is 0 Å². The molecule has 3 heteroatoms. The van der Waals surface area contributed by atoms with Crippen molar-refractivity contribution in [1.82, 2.24) is 4.90 Å². The molecule has 3 rings (SSSR count). The summed E-state index contributed by atoms with van der Waals surface area (Å²) >= 11 is 0. The van der Waals surface area contributed by atoms with E-state index in [0.29, 0.717) is 18.4 Å². The fourth-order valence-corrected chi connectivity index (χ4v) is 3.60. The maximum Gasteiger partial charge on any atom is 0.151 e. The Morgan fingerprint density at radius 1 is 1.54 bits per heavy atom. The fraction of sp³-hybridized carbons (Fsp3) is 0.900. The summed E-state index contributed by atoms with van der Waals surface area (Å²) in [5, 5.41) is 9.62. The SMILES string of the molecule is CC1C(=O)CN2C3CC(O)CC12C3. The van der Waals surface area contributed by atoms with Crippen LogP contribution in [0.5, 0.6) is 0 Å². The minimum Gasteiger partial charge on any atom is -0.393 e. The molecular weight excluding hydrogens is 166 g/mol. The van der Waals surface area contributed by atoms with Gasteiger partial charge in [0, 0.05) is 17.5 Å². The Hall–Kier alpha value is -0.410. The highest BCUT2D eigenvalue weighted by molar-refractivity contribution is 5.87. The number of piperidine rings is 1. The van der Waals surface area contributed by atoms with Crippen LogP contribution in [0.25, 0.3) is 0 Å². The smallest absolute Gasteiger partial charge is 0.151 e. The molecule has 3 heterocycles. The quantitative estimate of drug-likeness (QED) is 0.579. The van der Waals surface area contributed by atoms with Gasteiger partial charge in [0.25, 0.3) is 0 Å². The van der Waals surface area contributed by atoms with Gasteiger partial charge in [0.15, 0.2) is 5.78 Å². The van der Waals surface area contributed by atoms with Crippen LogP contribution in [0.4, 0.5) is 0 Å². The lowest BCUT2D eigenvalue weighted by Gasteiger charge is -2.61. The van der Waals surface area contributed by atoms with E-state index in [9.17, 15) is 9.90 Å². The van der Waals surface area contributed by atoms with Crippen LogP contribution in [0.1, 0.15) is 26.2 Å². The molecule has 3 aliphatic rings. The van der Waals surface area contributed by atoms with Crippen molar-refractivity contribution in [2.24, 2.45) is 5.92 Å². The van der Waals surface area contributed by atoms with Gasteiger partial charge in [0.05, 0.1) is 12.6 Å². The van der Waals surface area contributed by atoms with Crippen LogP contribution in [0.2, 0.25) is 0 Å². The first-order valence-corrected chi connectivity index (χ1v) is 5.11. The molecule has 0 aromatic rings. The maximum absolute atomic E-state index is 11.6. The number of hydrogen-bond acceptors (Lipinski definition) is 3. The number of ketones is 1. The summed E-state index contributed by atoms with van der Waals surface area (Å²) in [6, 6.07) is 0.498. The minimum absolute atomic E-state index is 0.0689. The maximum atomic E-state index is 11.6. The Morgan fingerprint density at radius 2 is 2.31 bits per heavy atom. The minimum atomic E-state index is -0.164. The third kappa shape index (κ3) is 0.754. The van der Waals surface area contributed by atoms with Gasteiger partial charge in [-0.1, -0.05) is 6.92 Å². The van der Waals surface area contributed by atoms with Crippen LogP contribution in [0, 0.1) is 5.92 Å². The number of aliphatic hydroxyl groups is 1. The topological polar surface area (TPSA) is 40.5 Å². The van der Waals surface area contributed by atoms with E-state index >= 15 is 0 Å². The van der Waals surface area contributed by atoms with E-state index in [0.717, 1.165) is 19.3 Å². The summed E-state index contributed by atoms with van der Waals surface area (Å²) in [4.78, 5) is 13.9. The van der Waals surface area contributed by atoms with Gasteiger partial charge in [-0.3, -0.25) is 9.69 Å². The molecule has 0 aromatic carbocycles. The van der Waals surface area contributed by atoms with Crippen molar-refractivity contribution < 1.29 is 9.90 Å². The standard InChI is InChI=1S/C10H15NO2/c1-6-9(13)5-11-7-2-8(12)4-10(6,11)3-7/h6-8,12H,2-5H2,1H3. The van der Waals surface area contributed by atoms with E-state index in [1.165, 1.54) is 0 Å². The third-order valence-electron chi connectivity index (χ3n) is 4.35. The fourth-order valence-electron chi connectivity index (χ4n) is 3.60. The summed E-state index contributed by atoms with van der Waals surface area (Å²) < 4.78 is 0. The molecule has 4 unspecified atom stereocenters. The predicted octanol–water partition coefficient (Wildman–Crippen LogP) is 0.173. The van der Waals surface area contributed by atoms with E-state index < -0.39 is 0 Å². The van der Waals surface area contributed by atoms with Gasteiger partial charge in [-0.05, 0) is 19.3 Å². The van der Waals surface area contributed by atoms with E-state index in [1.807, 2.05) is 6.92 Å². The number of hydrogen-bond donors (Lipinski definition) is 1. The number of carbonyl (C=O) groups is 1. The van der Waals surface area contributed by atoms with Crippen molar-refractivity contribution in [2.75, 3.05) is 6.54 Å². The van der Waals surface area contributed by atoms with Gasteiger partial charge in [-0.2, -0.15) is 0 Å². The summed E-state index contributed by atoms with van der Waals surface area (Å²) in [7, 11) is 0. The first-order valence-electron chi connectivity index (χ1n) is 5.11. The average molecular weight is 181 g/mol. The Balaban J connectivity index is 1.96. The molecule has 0 spiro atoms. The zero-order chi connectivity index (χ0) is 9.22. The number of Topliss-reactive ketones (excluding diaryl/α,β-unsaturated/α-hetero) is 1. The molecule has 3 saturated heterocycles. The first kappa shape index (κ1) is 7.94. The predicted molar refractivity (Wildman–Crippen MR) is 47.3 cm³/mol. The normalized spacial score (nSPS) is 54.6. The van der Waals surface area contributed by atoms with Gasteiger partial charge >= 0.3 is 0 Å². The zero-order valence-electron chi connectivity index (χ0n) is 7.86. The van der Waals surface area contributed by atoms with Crippen molar-refractivity contribution in [3.63, 3.8) is 0 Å². The van der Waals surface area contributed by atoms with Gasteiger partial charge in [0.2, 0.25) is 0 Å². The second kappa shape index (κ2) is 2.15. The van der Waals surface area contributed by atoms with E-state index in [1.54, 1.807) is 0 Å². The molecule has 13 heavy (non-hydrogen) atoms. The summed E-state index contributed by atoms with van der Waals surface area (Å²) in [5.41, 5.74) is 0.0689. The van der Waals surface area contributed by atoms with Crippen LogP contribution in [-0.4, -0.2) is 40.0 Å². The number of nitrogens with zero attached hydrogens (tertiary/aromatic N) is 1. The van der Waals surface area contributed by atoms with Crippen molar-refractivity contribution in [3.05, 3.63) is 0 Å². The molecule has 2 bridgehead atoms. The van der Waals surface area contributed by atoms with Crippen LogP contribution in [-0.2, 0) is 4.79 Å². The van der Waals surface area contributed by atoms with Gasteiger partial charge in [-0.15, -0.1) is 0 Å². The Morgan fingerprint density at radius 3 is 3.08 bits per heavy atom. The monoisotopic (exact) mass is 181 g/mol. The lowest BCUT2D eigenvalue weighted by Crippen LogP contribution is -2.69. The number of aliphatic hydroxyl groups excluding tert-OH is 1. The van der Waals surface area contributed by atoms with Crippen LogP contribution in [0.3, 0.4) is 0 Å². The molecule has 3 aliphatic heterocycles. The van der Waals surface area contributed by atoms with E-state index in [-0.39, 0.29) is 17.6 Å². The highest BCUT2D eigenvalue weighted by Crippen LogP contribution is 2.54. The highest BCUT2D eigenvalue weighted by atomic mass is 16.3. The molecule has 0 saturated carbocycles. The molecule has 0 amide bonds. The lowest BCUT2D eigenvalue weighted by atomic mass is 9.64. The molecule has 0 aliphatic carbocycles. The van der Waals surface area contributed by atoms with Crippen molar-refractivity contribution >= 4 is 5.78 Å². The van der Waals surface area contributed by atoms with Crippen LogP contribution < -0.4 is 0 Å². The molecule has 3 fully saturated rings. The molecule has 3 nitrogen and oxygen atoms in total. The van der Waals surface area contributed by atoms with E-state index in [4.69, 9.17) is 0 Å². The van der Waals surface area contributed by atoms with Crippen molar-refractivity contribution in [3.8, 4) is 0 Å². The molecule has 4 atom stereocenters. The van der Waals surface area contributed by atoms with Crippen LogP contribution in [0.15, 0.2) is 0 Å². The second-order valence-electron chi connectivity index (χ2n) is 4.87. The average Bonchev–Trinajstić information content (AvgIpc) is 2.27.